The van der Waals surface area contributed by atoms with E-state index in [0.717, 1.165) is 57.8 Å². The van der Waals surface area contributed by atoms with Gasteiger partial charge >= 0.3 is 0 Å². The zero-order valence-corrected chi connectivity index (χ0v) is 15.0. The fraction of sp³-hybridized carbons (Fsp3) is 0.650. The molecule has 0 aliphatic carbocycles. The summed E-state index contributed by atoms with van der Waals surface area (Å²) in [6.45, 7) is 10.1. The van der Waals surface area contributed by atoms with E-state index in [4.69, 9.17) is 4.74 Å². The second kappa shape index (κ2) is 8.13. The number of amides is 1. The molecule has 4 heteroatoms. The monoisotopic (exact) mass is 330 g/mol. The number of piperidine rings is 1. The van der Waals surface area contributed by atoms with E-state index in [2.05, 4.69) is 47.9 Å². The van der Waals surface area contributed by atoms with Crippen molar-refractivity contribution < 1.29 is 9.53 Å². The number of carbonyl (C=O) groups is 1. The van der Waals surface area contributed by atoms with Crippen LogP contribution in [-0.2, 0) is 16.0 Å². The molecule has 1 atom stereocenters. The highest BCUT2D eigenvalue weighted by atomic mass is 16.5. The fourth-order valence-corrected chi connectivity index (χ4v) is 3.91. The van der Waals surface area contributed by atoms with E-state index in [9.17, 15) is 4.79 Å². The molecule has 0 N–H and O–H groups in total. The fourth-order valence-electron chi connectivity index (χ4n) is 3.91. The minimum atomic E-state index is 0.274. The molecule has 0 spiro atoms. The Morgan fingerprint density at radius 1 is 1.12 bits per heavy atom. The molecule has 2 aliphatic rings. The molecule has 24 heavy (non-hydrogen) atoms. The van der Waals surface area contributed by atoms with Crippen molar-refractivity contribution in [3.8, 4) is 0 Å². The molecule has 0 radical (unpaired) electrons. The van der Waals surface area contributed by atoms with E-state index in [0.29, 0.717) is 18.4 Å². The topological polar surface area (TPSA) is 32.8 Å². The molecule has 2 saturated heterocycles. The molecule has 2 heterocycles. The van der Waals surface area contributed by atoms with Crippen LogP contribution >= 0.6 is 0 Å². The normalized spacial score (nSPS) is 21.7. The Hall–Kier alpha value is -1.39. The summed E-state index contributed by atoms with van der Waals surface area (Å²) in [7, 11) is 0. The van der Waals surface area contributed by atoms with Gasteiger partial charge in [-0.15, -0.1) is 0 Å². The van der Waals surface area contributed by atoms with Crippen molar-refractivity contribution in [3.05, 3.63) is 35.4 Å². The summed E-state index contributed by atoms with van der Waals surface area (Å²) >= 11 is 0. The van der Waals surface area contributed by atoms with Crippen LogP contribution in [0.4, 0.5) is 0 Å². The Labute approximate surface area is 145 Å². The molecule has 2 aliphatic heterocycles. The summed E-state index contributed by atoms with van der Waals surface area (Å²) in [6.07, 6.45) is 2.78. The zero-order valence-electron chi connectivity index (χ0n) is 15.0. The molecule has 3 rings (SSSR count). The highest BCUT2D eigenvalue weighted by molar-refractivity contribution is 5.78. The summed E-state index contributed by atoms with van der Waals surface area (Å²) < 4.78 is 5.46. The minimum absolute atomic E-state index is 0.274. The molecular formula is C20H30N2O2. The summed E-state index contributed by atoms with van der Waals surface area (Å²) in [5, 5.41) is 0. The summed E-state index contributed by atoms with van der Waals surface area (Å²) in [4.78, 5) is 17.1. The molecule has 4 nitrogen and oxygen atoms in total. The Morgan fingerprint density at radius 3 is 2.38 bits per heavy atom. The van der Waals surface area contributed by atoms with E-state index in [1.165, 1.54) is 5.56 Å². The summed E-state index contributed by atoms with van der Waals surface area (Å²) in [5.41, 5.74) is 2.36. The van der Waals surface area contributed by atoms with Crippen molar-refractivity contribution in [1.29, 1.82) is 0 Å². The molecule has 0 saturated carbocycles. The number of nitrogens with zero attached hydrogens (tertiary/aromatic N) is 2. The van der Waals surface area contributed by atoms with Crippen LogP contribution in [0, 0.1) is 12.8 Å². The van der Waals surface area contributed by atoms with Crippen LogP contribution < -0.4 is 0 Å². The molecule has 0 bridgehead atoms. The zero-order chi connectivity index (χ0) is 16.9. The number of carbonyl (C=O) groups excluding carboxylic acids is 1. The molecule has 1 amide bonds. The minimum Gasteiger partial charge on any atom is -0.379 e. The van der Waals surface area contributed by atoms with Crippen molar-refractivity contribution in [2.75, 3.05) is 39.4 Å². The lowest BCUT2D eigenvalue weighted by atomic mass is 9.89. The van der Waals surface area contributed by atoms with E-state index in [-0.39, 0.29) is 5.91 Å². The maximum Gasteiger partial charge on any atom is 0.226 e. The largest absolute Gasteiger partial charge is 0.379 e. The van der Waals surface area contributed by atoms with Crippen LogP contribution in [0.2, 0.25) is 0 Å². The van der Waals surface area contributed by atoms with Gasteiger partial charge in [-0.3, -0.25) is 9.69 Å². The predicted molar refractivity (Wildman–Crippen MR) is 96.0 cm³/mol. The van der Waals surface area contributed by atoms with Gasteiger partial charge in [0, 0.05) is 32.2 Å². The maximum absolute atomic E-state index is 12.5. The van der Waals surface area contributed by atoms with Crippen molar-refractivity contribution in [2.24, 2.45) is 5.92 Å². The molecule has 0 unspecified atom stereocenters. The van der Waals surface area contributed by atoms with E-state index in [1.54, 1.807) is 0 Å². The highest BCUT2D eigenvalue weighted by Gasteiger charge is 2.29. The third-order valence-electron chi connectivity index (χ3n) is 5.67. The second-order valence-electron chi connectivity index (χ2n) is 7.27. The molecular weight excluding hydrogens is 300 g/mol. The Kier molecular flexibility index (Phi) is 5.90. The number of hydrogen-bond donors (Lipinski definition) is 0. The van der Waals surface area contributed by atoms with E-state index in [1.807, 2.05) is 0 Å². The lowest BCUT2D eigenvalue weighted by Crippen LogP contribution is -2.49. The van der Waals surface area contributed by atoms with Gasteiger partial charge in [0.25, 0.3) is 0 Å². The number of rotatable bonds is 4. The van der Waals surface area contributed by atoms with Crippen LogP contribution in [0.5, 0.6) is 0 Å². The quantitative estimate of drug-likeness (QED) is 0.850. The highest BCUT2D eigenvalue weighted by Crippen LogP contribution is 2.25. The predicted octanol–water partition coefficient (Wildman–Crippen LogP) is 2.50. The smallest absolute Gasteiger partial charge is 0.226 e. The first-order chi connectivity index (χ1) is 11.6. The van der Waals surface area contributed by atoms with Gasteiger partial charge in [-0.05, 0) is 38.2 Å². The van der Waals surface area contributed by atoms with Crippen molar-refractivity contribution in [2.45, 2.75) is 39.2 Å². The Bertz CT molecular complexity index is 529. The first kappa shape index (κ1) is 17.4. The molecule has 1 aromatic rings. The van der Waals surface area contributed by atoms with Crippen molar-refractivity contribution >= 4 is 5.91 Å². The average molecular weight is 330 g/mol. The van der Waals surface area contributed by atoms with Gasteiger partial charge in [0.15, 0.2) is 0 Å². The summed E-state index contributed by atoms with van der Waals surface area (Å²) in [5.74, 6) is 0.975. The van der Waals surface area contributed by atoms with Crippen LogP contribution in [0.3, 0.4) is 0 Å². The van der Waals surface area contributed by atoms with Crippen molar-refractivity contribution in [1.82, 2.24) is 9.80 Å². The lowest BCUT2D eigenvalue weighted by Gasteiger charge is -2.41. The van der Waals surface area contributed by atoms with Crippen LogP contribution in [0.25, 0.3) is 0 Å². The van der Waals surface area contributed by atoms with E-state index < -0.39 is 0 Å². The SMILES string of the molecule is Cc1ccc(CC(=O)N2CCC([C@@H](C)N3CCOCC3)CC2)cc1. The van der Waals surface area contributed by atoms with Gasteiger partial charge in [0.1, 0.15) is 0 Å². The maximum atomic E-state index is 12.5. The standard InChI is InChI=1S/C20H30N2O2/c1-16-3-5-18(6-4-16)15-20(23)22-9-7-19(8-10-22)17(2)21-11-13-24-14-12-21/h3-6,17,19H,7-15H2,1-2H3/t17-/m1/s1. The number of aryl methyl sites for hydroxylation is 1. The lowest BCUT2D eigenvalue weighted by molar-refractivity contribution is -0.132. The molecule has 132 valence electrons. The second-order valence-corrected chi connectivity index (χ2v) is 7.27. The number of ether oxygens (including phenoxy) is 1. The molecule has 2 fully saturated rings. The first-order valence-electron chi connectivity index (χ1n) is 9.28. The number of benzene rings is 1. The van der Waals surface area contributed by atoms with Crippen molar-refractivity contribution in [3.63, 3.8) is 0 Å². The first-order valence-corrected chi connectivity index (χ1v) is 9.28. The third kappa shape index (κ3) is 4.37. The van der Waals surface area contributed by atoms with E-state index >= 15 is 0 Å². The Morgan fingerprint density at radius 2 is 1.75 bits per heavy atom. The van der Waals surface area contributed by atoms with Gasteiger partial charge in [0.2, 0.25) is 5.91 Å². The summed E-state index contributed by atoms with van der Waals surface area (Å²) in [6, 6.07) is 8.90. The van der Waals surface area contributed by atoms with Gasteiger partial charge in [0.05, 0.1) is 19.6 Å². The number of hydrogen-bond acceptors (Lipinski definition) is 3. The van der Waals surface area contributed by atoms with Gasteiger partial charge in [-0.2, -0.15) is 0 Å². The number of morpholine rings is 1. The molecule has 1 aromatic carbocycles. The van der Waals surface area contributed by atoms with Gasteiger partial charge in [-0.1, -0.05) is 29.8 Å². The third-order valence-corrected chi connectivity index (χ3v) is 5.67. The average Bonchev–Trinajstić information content (AvgIpc) is 2.64. The Balaban J connectivity index is 1.47. The van der Waals surface area contributed by atoms with Crippen LogP contribution in [0.1, 0.15) is 30.9 Å². The van der Waals surface area contributed by atoms with Crippen LogP contribution in [0.15, 0.2) is 24.3 Å². The molecule has 0 aromatic heterocycles. The number of likely N-dealkylation sites (tertiary alicyclic amines) is 1. The van der Waals surface area contributed by atoms with Crippen LogP contribution in [-0.4, -0.2) is 61.1 Å². The van der Waals surface area contributed by atoms with Gasteiger partial charge in [-0.25, -0.2) is 0 Å². The van der Waals surface area contributed by atoms with Gasteiger partial charge < -0.3 is 9.64 Å².